The second-order valence-electron chi connectivity index (χ2n) is 4.98. The zero-order valence-corrected chi connectivity index (χ0v) is 11.8. The summed E-state index contributed by atoms with van der Waals surface area (Å²) in [7, 11) is 0. The molecule has 0 radical (unpaired) electrons. The van der Waals surface area contributed by atoms with Crippen molar-refractivity contribution in [1.29, 1.82) is 0 Å². The number of rotatable bonds is 5. The van der Waals surface area contributed by atoms with Crippen molar-refractivity contribution in [3.05, 3.63) is 64.4 Å². The molecule has 3 aromatic rings. The molecule has 0 bridgehead atoms. The van der Waals surface area contributed by atoms with Crippen LogP contribution >= 0.6 is 0 Å². The molecule has 0 unspecified atom stereocenters. The molecule has 2 aromatic heterocycles. The van der Waals surface area contributed by atoms with Crippen molar-refractivity contribution < 1.29 is 9.21 Å². The monoisotopic (exact) mass is 297 g/mol. The van der Waals surface area contributed by atoms with Crippen LogP contribution in [0.2, 0.25) is 0 Å². The van der Waals surface area contributed by atoms with Crippen LogP contribution in [-0.4, -0.2) is 15.9 Å². The maximum atomic E-state index is 11.8. The van der Waals surface area contributed by atoms with Gasteiger partial charge in [-0.2, -0.15) is 0 Å². The van der Waals surface area contributed by atoms with Gasteiger partial charge >= 0.3 is 5.76 Å². The van der Waals surface area contributed by atoms with Crippen LogP contribution in [-0.2, 0) is 17.8 Å². The van der Waals surface area contributed by atoms with Crippen molar-refractivity contribution in [2.45, 2.75) is 19.4 Å². The lowest BCUT2D eigenvalue weighted by Crippen LogP contribution is -2.23. The summed E-state index contributed by atoms with van der Waals surface area (Å²) in [6.07, 6.45) is 4.40. The van der Waals surface area contributed by atoms with E-state index in [1.54, 1.807) is 18.5 Å². The van der Waals surface area contributed by atoms with Crippen molar-refractivity contribution in [3.63, 3.8) is 0 Å². The third-order valence-corrected chi connectivity index (χ3v) is 3.34. The summed E-state index contributed by atoms with van der Waals surface area (Å²) in [6.45, 7) is 0.473. The zero-order valence-electron chi connectivity index (χ0n) is 11.8. The number of H-pyrrole nitrogens is 1. The highest BCUT2D eigenvalue weighted by molar-refractivity contribution is 5.77. The Labute approximate surface area is 126 Å². The molecule has 0 aliphatic rings. The van der Waals surface area contributed by atoms with Gasteiger partial charge in [-0.05, 0) is 35.7 Å². The summed E-state index contributed by atoms with van der Waals surface area (Å²) in [5, 5.41) is 2.86. The first-order chi connectivity index (χ1) is 10.7. The fourth-order valence-corrected chi connectivity index (χ4v) is 2.20. The van der Waals surface area contributed by atoms with Gasteiger partial charge in [0.05, 0.1) is 5.52 Å². The lowest BCUT2D eigenvalue weighted by Gasteiger charge is -2.05. The number of aryl methyl sites for hydroxylation is 1. The number of nitrogens with zero attached hydrogens (tertiary/aromatic N) is 1. The van der Waals surface area contributed by atoms with Crippen LogP contribution in [0.25, 0.3) is 11.1 Å². The molecule has 112 valence electrons. The Hall–Kier alpha value is -2.89. The topological polar surface area (TPSA) is 88.0 Å². The predicted molar refractivity (Wildman–Crippen MR) is 81.2 cm³/mol. The van der Waals surface area contributed by atoms with Gasteiger partial charge in [0.15, 0.2) is 5.58 Å². The summed E-state index contributed by atoms with van der Waals surface area (Å²) < 4.78 is 4.94. The zero-order chi connectivity index (χ0) is 15.4. The summed E-state index contributed by atoms with van der Waals surface area (Å²) in [4.78, 5) is 29.5. The fourth-order valence-electron chi connectivity index (χ4n) is 2.20. The van der Waals surface area contributed by atoms with Crippen molar-refractivity contribution >= 4 is 17.0 Å². The lowest BCUT2D eigenvalue weighted by atomic mass is 10.1. The molecule has 6 nitrogen and oxygen atoms in total. The number of hydrogen-bond donors (Lipinski definition) is 2. The van der Waals surface area contributed by atoms with Gasteiger partial charge in [-0.3, -0.25) is 14.8 Å². The van der Waals surface area contributed by atoms with E-state index in [1.807, 2.05) is 24.3 Å². The molecular weight excluding hydrogens is 282 g/mol. The van der Waals surface area contributed by atoms with E-state index in [0.29, 0.717) is 30.5 Å². The van der Waals surface area contributed by atoms with Gasteiger partial charge in [-0.15, -0.1) is 0 Å². The highest BCUT2D eigenvalue weighted by Crippen LogP contribution is 2.13. The molecule has 0 fully saturated rings. The van der Waals surface area contributed by atoms with E-state index in [9.17, 15) is 9.59 Å². The first-order valence-corrected chi connectivity index (χ1v) is 6.98. The van der Waals surface area contributed by atoms with Crippen molar-refractivity contribution in [1.82, 2.24) is 15.3 Å². The standard InChI is InChI=1S/C16H15N3O3/c20-15(18-10-12-2-1-7-17-9-12)6-4-11-3-5-14-13(8-11)19-16(21)22-14/h1-3,5,7-9H,4,6,10H2,(H,18,20)(H,19,21). The highest BCUT2D eigenvalue weighted by Gasteiger charge is 2.05. The van der Waals surface area contributed by atoms with Gasteiger partial charge in [0, 0.05) is 25.4 Å². The summed E-state index contributed by atoms with van der Waals surface area (Å²) in [5.74, 6) is -0.494. The second kappa shape index (κ2) is 6.26. The van der Waals surface area contributed by atoms with Crippen LogP contribution in [0.15, 0.2) is 51.9 Å². The molecule has 3 rings (SSSR count). The molecule has 1 amide bonds. The third kappa shape index (κ3) is 3.41. The number of benzene rings is 1. The van der Waals surface area contributed by atoms with Crippen LogP contribution in [0, 0.1) is 0 Å². The quantitative estimate of drug-likeness (QED) is 0.751. The molecule has 0 aliphatic carbocycles. The first kappa shape index (κ1) is 14.1. The van der Waals surface area contributed by atoms with E-state index in [-0.39, 0.29) is 5.91 Å². The number of fused-ring (bicyclic) bond motifs is 1. The Kier molecular flexibility index (Phi) is 4.00. The highest BCUT2D eigenvalue weighted by atomic mass is 16.4. The van der Waals surface area contributed by atoms with E-state index in [4.69, 9.17) is 4.42 Å². The largest absolute Gasteiger partial charge is 0.417 e. The summed E-state index contributed by atoms with van der Waals surface area (Å²) in [5.41, 5.74) is 3.11. The van der Waals surface area contributed by atoms with Gasteiger partial charge < -0.3 is 9.73 Å². The van der Waals surface area contributed by atoms with Gasteiger partial charge in [-0.1, -0.05) is 12.1 Å². The number of hydrogen-bond acceptors (Lipinski definition) is 4. The number of pyridine rings is 1. The maximum Gasteiger partial charge on any atom is 0.417 e. The maximum absolute atomic E-state index is 11.8. The molecule has 1 aromatic carbocycles. The lowest BCUT2D eigenvalue weighted by molar-refractivity contribution is -0.121. The fraction of sp³-hybridized carbons (Fsp3) is 0.188. The molecule has 2 heterocycles. The van der Waals surface area contributed by atoms with Crippen LogP contribution in [0.1, 0.15) is 17.5 Å². The Balaban J connectivity index is 1.54. The number of aromatic nitrogens is 2. The Morgan fingerprint density at radius 1 is 1.27 bits per heavy atom. The Morgan fingerprint density at radius 2 is 2.18 bits per heavy atom. The van der Waals surface area contributed by atoms with E-state index in [1.165, 1.54) is 0 Å². The molecule has 0 spiro atoms. The van der Waals surface area contributed by atoms with Gasteiger partial charge in [0.1, 0.15) is 0 Å². The summed E-state index contributed by atoms with van der Waals surface area (Å²) >= 11 is 0. The van der Waals surface area contributed by atoms with E-state index in [2.05, 4.69) is 15.3 Å². The Bertz CT molecular complexity index is 836. The molecule has 0 atom stereocenters. The molecule has 6 heteroatoms. The number of aromatic amines is 1. The minimum Gasteiger partial charge on any atom is -0.408 e. The molecule has 0 aliphatic heterocycles. The van der Waals surface area contributed by atoms with Crippen molar-refractivity contribution in [2.24, 2.45) is 0 Å². The molecule has 2 N–H and O–H groups in total. The average Bonchev–Trinajstić information content (AvgIpc) is 2.91. The number of nitrogens with one attached hydrogen (secondary N) is 2. The normalized spacial score (nSPS) is 10.7. The minimum atomic E-state index is -0.471. The first-order valence-electron chi connectivity index (χ1n) is 6.98. The van der Waals surface area contributed by atoms with Crippen LogP contribution in [0.5, 0.6) is 0 Å². The van der Waals surface area contributed by atoms with E-state index >= 15 is 0 Å². The molecule has 0 saturated carbocycles. The molecule has 22 heavy (non-hydrogen) atoms. The number of carbonyl (C=O) groups excluding carboxylic acids is 1. The SMILES string of the molecule is O=C(CCc1ccc2oc(=O)[nH]c2c1)NCc1cccnc1. The van der Waals surface area contributed by atoms with Crippen molar-refractivity contribution in [3.8, 4) is 0 Å². The van der Waals surface area contributed by atoms with Crippen LogP contribution < -0.4 is 11.1 Å². The second-order valence-corrected chi connectivity index (χ2v) is 4.98. The van der Waals surface area contributed by atoms with Crippen LogP contribution in [0.4, 0.5) is 0 Å². The Morgan fingerprint density at radius 3 is 3.00 bits per heavy atom. The minimum absolute atomic E-state index is 0.0235. The van der Waals surface area contributed by atoms with Crippen LogP contribution in [0.3, 0.4) is 0 Å². The number of carbonyl (C=O) groups is 1. The smallest absolute Gasteiger partial charge is 0.408 e. The van der Waals surface area contributed by atoms with Gasteiger partial charge in [-0.25, -0.2) is 4.79 Å². The van der Waals surface area contributed by atoms with E-state index in [0.717, 1.165) is 11.1 Å². The average molecular weight is 297 g/mol. The van der Waals surface area contributed by atoms with Gasteiger partial charge in [0.25, 0.3) is 0 Å². The van der Waals surface area contributed by atoms with E-state index < -0.39 is 5.76 Å². The third-order valence-electron chi connectivity index (χ3n) is 3.34. The molecular formula is C16H15N3O3. The van der Waals surface area contributed by atoms with Gasteiger partial charge in [0.2, 0.25) is 5.91 Å². The molecule has 0 saturated heterocycles. The van der Waals surface area contributed by atoms with Crippen molar-refractivity contribution in [2.75, 3.05) is 0 Å². The number of amides is 1. The summed E-state index contributed by atoms with van der Waals surface area (Å²) in [6, 6.07) is 9.16. The number of oxazole rings is 1. The predicted octanol–water partition coefficient (Wildman–Crippen LogP) is 1.77.